The van der Waals surface area contributed by atoms with Crippen LogP contribution in [-0.4, -0.2) is 31.4 Å². The lowest BCUT2D eigenvalue weighted by Crippen LogP contribution is -2.31. The second-order valence-electron chi connectivity index (χ2n) is 6.67. The van der Waals surface area contributed by atoms with Gasteiger partial charge in [0.05, 0.1) is 11.3 Å². The zero-order chi connectivity index (χ0) is 17.2. The summed E-state index contributed by atoms with van der Waals surface area (Å²) in [6.45, 7) is 7.21. The van der Waals surface area contributed by atoms with Gasteiger partial charge in [-0.25, -0.2) is 19.9 Å². The van der Waals surface area contributed by atoms with E-state index in [0.29, 0.717) is 5.82 Å². The second kappa shape index (κ2) is 6.69. The van der Waals surface area contributed by atoms with Crippen molar-refractivity contribution in [2.75, 3.05) is 6.54 Å². The third kappa shape index (κ3) is 3.42. The highest BCUT2D eigenvalue weighted by Crippen LogP contribution is 2.22. The summed E-state index contributed by atoms with van der Waals surface area (Å²) in [5.74, 6) is 0.710. The molecule has 0 N–H and O–H groups in total. The van der Waals surface area contributed by atoms with Gasteiger partial charge in [-0.1, -0.05) is 18.2 Å². The molecule has 1 aromatic carbocycles. The van der Waals surface area contributed by atoms with Crippen LogP contribution in [0.4, 0.5) is 0 Å². The molecule has 3 aromatic rings. The Labute approximate surface area is 147 Å². The molecule has 1 aliphatic rings. The molecular weight excluding hydrogens is 310 g/mol. The van der Waals surface area contributed by atoms with Crippen LogP contribution in [0.2, 0.25) is 0 Å². The number of rotatable bonds is 3. The lowest BCUT2D eigenvalue weighted by Gasteiger charge is -2.28. The maximum absolute atomic E-state index is 4.73. The Kier molecular flexibility index (Phi) is 4.24. The molecule has 0 atom stereocenters. The van der Waals surface area contributed by atoms with Crippen LogP contribution in [0.5, 0.6) is 0 Å². The van der Waals surface area contributed by atoms with Gasteiger partial charge in [-0.2, -0.15) is 0 Å². The molecule has 126 valence electrons. The van der Waals surface area contributed by atoms with Crippen molar-refractivity contribution in [3.63, 3.8) is 0 Å². The summed E-state index contributed by atoms with van der Waals surface area (Å²) in [6.07, 6.45) is 7.93. The van der Waals surface area contributed by atoms with Crippen LogP contribution < -0.4 is 0 Å². The summed E-state index contributed by atoms with van der Waals surface area (Å²) in [6, 6.07) is 6.73. The standard InChI is InChI=1S/C20H21N5/c1-14-3-4-16(7-15(14)2)11-25-6-5-19-18(12-25)10-23-20(24-19)17-8-21-13-22-9-17/h3-4,7-10,13H,5-6,11-12H2,1-2H3. The third-order valence-electron chi connectivity index (χ3n) is 4.81. The van der Waals surface area contributed by atoms with Gasteiger partial charge in [-0.05, 0) is 30.5 Å². The summed E-state index contributed by atoms with van der Waals surface area (Å²) in [5.41, 5.74) is 7.29. The van der Waals surface area contributed by atoms with Crippen molar-refractivity contribution in [1.82, 2.24) is 24.8 Å². The second-order valence-corrected chi connectivity index (χ2v) is 6.67. The number of fused-ring (bicyclic) bond motifs is 1. The number of benzene rings is 1. The van der Waals surface area contributed by atoms with Gasteiger partial charge in [0.1, 0.15) is 6.33 Å². The molecule has 1 aliphatic heterocycles. The molecule has 2 aromatic heterocycles. The molecule has 0 fully saturated rings. The van der Waals surface area contributed by atoms with Gasteiger partial charge in [-0.15, -0.1) is 0 Å². The van der Waals surface area contributed by atoms with Gasteiger partial charge >= 0.3 is 0 Å². The molecule has 0 saturated heterocycles. The molecule has 0 unspecified atom stereocenters. The molecule has 0 aliphatic carbocycles. The maximum Gasteiger partial charge on any atom is 0.162 e. The molecule has 0 saturated carbocycles. The highest BCUT2D eigenvalue weighted by molar-refractivity contribution is 5.52. The monoisotopic (exact) mass is 331 g/mol. The average Bonchev–Trinajstić information content (AvgIpc) is 2.65. The van der Waals surface area contributed by atoms with Gasteiger partial charge < -0.3 is 0 Å². The SMILES string of the molecule is Cc1ccc(CN2CCc3nc(-c4cncnc4)ncc3C2)cc1C. The van der Waals surface area contributed by atoms with E-state index in [0.717, 1.165) is 37.3 Å². The van der Waals surface area contributed by atoms with Crippen molar-refractivity contribution in [2.24, 2.45) is 0 Å². The molecular formula is C20H21N5. The van der Waals surface area contributed by atoms with Crippen LogP contribution >= 0.6 is 0 Å². The first-order valence-electron chi connectivity index (χ1n) is 8.58. The van der Waals surface area contributed by atoms with Crippen molar-refractivity contribution in [2.45, 2.75) is 33.4 Å². The van der Waals surface area contributed by atoms with Crippen molar-refractivity contribution < 1.29 is 0 Å². The smallest absolute Gasteiger partial charge is 0.162 e. The van der Waals surface area contributed by atoms with Crippen LogP contribution in [0.25, 0.3) is 11.4 Å². The Morgan fingerprint density at radius 2 is 1.88 bits per heavy atom. The Morgan fingerprint density at radius 1 is 1.04 bits per heavy atom. The Balaban J connectivity index is 1.51. The largest absolute Gasteiger partial charge is 0.294 e. The topological polar surface area (TPSA) is 54.8 Å². The highest BCUT2D eigenvalue weighted by Gasteiger charge is 2.19. The molecule has 0 radical (unpaired) electrons. The zero-order valence-corrected chi connectivity index (χ0v) is 14.6. The van der Waals surface area contributed by atoms with E-state index in [-0.39, 0.29) is 0 Å². The van der Waals surface area contributed by atoms with E-state index in [2.05, 4.69) is 51.9 Å². The lowest BCUT2D eigenvalue weighted by molar-refractivity contribution is 0.243. The van der Waals surface area contributed by atoms with Gasteiger partial charge in [0, 0.05) is 50.2 Å². The molecule has 3 heterocycles. The van der Waals surface area contributed by atoms with Crippen LogP contribution in [-0.2, 0) is 19.5 Å². The first kappa shape index (κ1) is 15.8. The van der Waals surface area contributed by atoms with Crippen molar-refractivity contribution >= 4 is 0 Å². The number of aromatic nitrogens is 4. The summed E-state index contributed by atoms with van der Waals surface area (Å²) in [7, 11) is 0. The Hall–Kier alpha value is -2.66. The Morgan fingerprint density at radius 3 is 2.68 bits per heavy atom. The van der Waals surface area contributed by atoms with Crippen LogP contribution in [0, 0.1) is 13.8 Å². The minimum absolute atomic E-state index is 0.710. The first-order chi connectivity index (χ1) is 12.2. The number of hydrogen-bond donors (Lipinski definition) is 0. The fourth-order valence-electron chi connectivity index (χ4n) is 3.22. The molecule has 0 spiro atoms. The predicted molar refractivity (Wildman–Crippen MR) is 96.8 cm³/mol. The van der Waals surface area contributed by atoms with Crippen LogP contribution in [0.1, 0.15) is 27.9 Å². The summed E-state index contributed by atoms with van der Waals surface area (Å²) < 4.78 is 0. The van der Waals surface area contributed by atoms with E-state index >= 15 is 0 Å². The van der Waals surface area contributed by atoms with Crippen LogP contribution in [0.15, 0.2) is 43.1 Å². The van der Waals surface area contributed by atoms with Crippen LogP contribution in [0.3, 0.4) is 0 Å². The van der Waals surface area contributed by atoms with E-state index in [9.17, 15) is 0 Å². The van der Waals surface area contributed by atoms with Gasteiger partial charge in [0.15, 0.2) is 5.82 Å². The van der Waals surface area contributed by atoms with Gasteiger partial charge in [0.25, 0.3) is 0 Å². The quantitative estimate of drug-likeness (QED) is 0.738. The molecule has 0 amide bonds. The molecule has 25 heavy (non-hydrogen) atoms. The minimum Gasteiger partial charge on any atom is -0.294 e. The summed E-state index contributed by atoms with van der Waals surface area (Å²) in [5, 5.41) is 0. The minimum atomic E-state index is 0.710. The van der Waals surface area contributed by atoms with Crippen molar-refractivity contribution in [3.05, 3.63) is 71.1 Å². The lowest BCUT2D eigenvalue weighted by atomic mass is 10.0. The molecule has 4 rings (SSSR count). The molecule has 0 bridgehead atoms. The van der Waals surface area contributed by atoms with Gasteiger partial charge in [-0.3, -0.25) is 4.90 Å². The van der Waals surface area contributed by atoms with E-state index in [1.165, 1.54) is 28.6 Å². The van der Waals surface area contributed by atoms with E-state index in [1.807, 2.05) is 6.20 Å². The number of nitrogens with zero attached hydrogens (tertiary/aromatic N) is 5. The normalized spacial score (nSPS) is 14.3. The van der Waals surface area contributed by atoms with E-state index in [1.54, 1.807) is 12.4 Å². The first-order valence-corrected chi connectivity index (χ1v) is 8.58. The zero-order valence-electron chi connectivity index (χ0n) is 14.6. The van der Waals surface area contributed by atoms with E-state index < -0.39 is 0 Å². The van der Waals surface area contributed by atoms with E-state index in [4.69, 9.17) is 4.98 Å². The predicted octanol–water partition coefficient (Wildman–Crippen LogP) is 3.11. The highest BCUT2D eigenvalue weighted by atomic mass is 15.1. The molecule has 5 nitrogen and oxygen atoms in total. The number of hydrogen-bond acceptors (Lipinski definition) is 5. The fourth-order valence-corrected chi connectivity index (χ4v) is 3.22. The number of aryl methyl sites for hydroxylation is 2. The van der Waals surface area contributed by atoms with Crippen molar-refractivity contribution in [3.8, 4) is 11.4 Å². The molecule has 5 heteroatoms. The van der Waals surface area contributed by atoms with Gasteiger partial charge in [0.2, 0.25) is 0 Å². The summed E-state index contributed by atoms with van der Waals surface area (Å²) in [4.78, 5) is 19.8. The third-order valence-corrected chi connectivity index (χ3v) is 4.81. The fraction of sp³-hybridized carbons (Fsp3) is 0.300. The maximum atomic E-state index is 4.73. The van der Waals surface area contributed by atoms with Crippen molar-refractivity contribution in [1.29, 1.82) is 0 Å². The summed E-state index contributed by atoms with van der Waals surface area (Å²) >= 11 is 0. The average molecular weight is 331 g/mol. The Bertz CT molecular complexity index is 892.